The molecule has 0 radical (unpaired) electrons. The van der Waals surface area contributed by atoms with Gasteiger partial charge in [-0.3, -0.25) is 24.7 Å². The Bertz CT molecular complexity index is 1330. The first-order chi connectivity index (χ1) is 18.1. The summed E-state index contributed by atoms with van der Waals surface area (Å²) in [5.74, 6) is -0.668. The van der Waals surface area contributed by atoms with Crippen molar-refractivity contribution in [2.24, 2.45) is 10.1 Å². The molecule has 7 N–H and O–H groups in total. The van der Waals surface area contributed by atoms with Gasteiger partial charge in [-0.1, -0.05) is 12.7 Å². The molecule has 0 aliphatic heterocycles. The van der Waals surface area contributed by atoms with E-state index in [2.05, 4.69) is 25.9 Å². The number of hydrogen-bond acceptors (Lipinski definition) is 8. The Balaban J connectivity index is 0.00000533. The first-order valence-electron chi connectivity index (χ1n) is 11.8. The molecule has 1 heterocycles. The molecule has 0 fully saturated rings. The van der Waals surface area contributed by atoms with Gasteiger partial charge in [-0.2, -0.15) is 7.05 Å². The monoisotopic (exact) mass is 718 g/mol. The number of aromatic nitrogens is 1. The van der Waals surface area contributed by atoms with Gasteiger partial charge in [0.1, 0.15) is 0 Å². The minimum absolute atomic E-state index is 0. The van der Waals surface area contributed by atoms with E-state index >= 15 is 0 Å². The van der Waals surface area contributed by atoms with Crippen molar-refractivity contribution in [3.05, 3.63) is 76.9 Å². The fraction of sp³-hybridized carbons (Fsp3) is 0.259. The molecule has 0 atom stereocenters. The molecule has 0 aliphatic carbocycles. The van der Waals surface area contributed by atoms with Gasteiger partial charge in [-0.25, -0.2) is 0 Å². The van der Waals surface area contributed by atoms with E-state index in [1.165, 1.54) is 6.20 Å². The van der Waals surface area contributed by atoms with Crippen molar-refractivity contribution < 1.29 is 35.8 Å². The zero-order valence-electron chi connectivity index (χ0n) is 22.0. The summed E-state index contributed by atoms with van der Waals surface area (Å²) in [5.41, 5.74) is 8.93. The molecular weight excluding hydrogens is 686 g/mol. The minimum Gasteiger partial charge on any atom is -0.648 e. The maximum Gasteiger partial charge on any atom is 0.255 e. The molecule has 12 heteroatoms. The van der Waals surface area contributed by atoms with Crippen molar-refractivity contribution in [1.82, 2.24) is 10.3 Å². The maximum absolute atomic E-state index is 13.2. The van der Waals surface area contributed by atoms with Gasteiger partial charge >= 0.3 is 0 Å². The second-order valence-corrected chi connectivity index (χ2v) is 9.87. The van der Waals surface area contributed by atoms with Crippen LogP contribution >= 0.6 is 11.9 Å². The van der Waals surface area contributed by atoms with Crippen LogP contribution in [0.25, 0.3) is 16.4 Å². The molecule has 0 spiro atoms. The van der Waals surface area contributed by atoms with Crippen LogP contribution in [0.15, 0.2) is 64.7 Å². The van der Waals surface area contributed by atoms with Crippen LogP contribution in [-0.2, 0) is 21.1 Å². The molecule has 0 aliphatic rings. The number of pyridine rings is 1. The van der Waals surface area contributed by atoms with E-state index < -0.39 is 5.60 Å². The predicted molar refractivity (Wildman–Crippen MR) is 154 cm³/mol. The zero-order valence-corrected chi connectivity index (χ0v) is 25.7. The van der Waals surface area contributed by atoms with E-state index in [4.69, 9.17) is 10.9 Å². The number of hydrogen-bond donors (Lipinski definition) is 5. The fourth-order valence-corrected chi connectivity index (χ4v) is 3.81. The van der Waals surface area contributed by atoms with Crippen LogP contribution in [0, 0.1) is 0 Å². The van der Waals surface area contributed by atoms with Crippen LogP contribution in [0.5, 0.6) is 0 Å². The van der Waals surface area contributed by atoms with Crippen LogP contribution in [0.3, 0.4) is 0 Å². The molecule has 0 saturated heterocycles. The summed E-state index contributed by atoms with van der Waals surface area (Å²) in [6.45, 7) is 4.02. The number of nitrogens with two attached hydrogens (primary N) is 2. The second-order valence-electron chi connectivity index (χ2n) is 9.17. The van der Waals surface area contributed by atoms with Gasteiger partial charge in [-0.05, 0) is 68.6 Å². The molecule has 1 aromatic heterocycles. The average molecular weight is 719 g/mol. The van der Waals surface area contributed by atoms with Crippen molar-refractivity contribution >= 4 is 41.4 Å². The summed E-state index contributed by atoms with van der Waals surface area (Å²) in [6, 6.07) is 12.1. The summed E-state index contributed by atoms with van der Waals surface area (Å²) >= 11 is 1.05. The van der Waals surface area contributed by atoms with Gasteiger partial charge in [-0.15, -0.1) is 0 Å². The number of carbonyl (C=O) groups excluding carboxylic acids is 2. The van der Waals surface area contributed by atoms with Crippen LogP contribution in [-0.4, -0.2) is 54.0 Å². The number of benzene rings is 2. The first-order valence-corrected chi connectivity index (χ1v) is 12.7. The number of rotatable bonds is 11. The molecule has 0 bridgehead atoms. The Labute approximate surface area is 246 Å². The number of aliphatic hydroxyl groups is 1. The Morgan fingerprint density at radius 1 is 1.15 bits per heavy atom. The molecule has 39 heavy (non-hydrogen) atoms. The van der Waals surface area contributed by atoms with E-state index in [0.29, 0.717) is 52.2 Å². The molecule has 2 amide bonds. The quantitative estimate of drug-likeness (QED) is 0.114. The van der Waals surface area contributed by atoms with Gasteiger partial charge in [0.2, 0.25) is 0 Å². The molecule has 0 saturated carbocycles. The Morgan fingerprint density at radius 2 is 1.92 bits per heavy atom. The van der Waals surface area contributed by atoms with E-state index in [0.717, 1.165) is 16.8 Å². The third-order valence-corrected chi connectivity index (χ3v) is 6.02. The summed E-state index contributed by atoms with van der Waals surface area (Å²) < 4.78 is 0. The van der Waals surface area contributed by atoms with Gasteiger partial charge in [0.05, 0.1) is 11.2 Å². The van der Waals surface area contributed by atoms with E-state index in [1.54, 1.807) is 69.7 Å². The third kappa shape index (κ3) is 9.56. The minimum atomic E-state index is -0.836. The van der Waals surface area contributed by atoms with Gasteiger partial charge in [0.15, 0.2) is 0 Å². The fourth-order valence-electron chi connectivity index (χ4n) is 3.46. The molecule has 2 aromatic carbocycles. The number of nitrogen functional groups attached to an aromatic ring is 1. The van der Waals surface area contributed by atoms with Crippen molar-refractivity contribution in [1.29, 1.82) is 0 Å². The first kappa shape index (κ1) is 32.1. The number of nitrogens with zero attached hydrogens (tertiary/aromatic N) is 3. The Kier molecular flexibility index (Phi) is 12.3. The maximum atomic E-state index is 13.2. The summed E-state index contributed by atoms with van der Waals surface area (Å²) in [7, 11) is 1.60. The molecule has 3 aromatic rings. The summed E-state index contributed by atoms with van der Waals surface area (Å²) in [5, 5.41) is 25.1. The Hall–Kier alpha value is -3.08. The number of amides is 2. The summed E-state index contributed by atoms with van der Waals surface area (Å²) in [4.78, 5) is 35.0. The van der Waals surface area contributed by atoms with Gasteiger partial charge in [0.25, 0.3) is 11.8 Å². The van der Waals surface area contributed by atoms with Crippen molar-refractivity contribution in [3.8, 4) is 11.1 Å². The molecule has 3 rings (SSSR count). The molecule has 10 nitrogen and oxygen atoms in total. The smallest absolute Gasteiger partial charge is 0.255 e. The van der Waals surface area contributed by atoms with E-state index in [-0.39, 0.29) is 39.5 Å². The van der Waals surface area contributed by atoms with E-state index in [1.807, 2.05) is 6.07 Å². The van der Waals surface area contributed by atoms with Crippen LogP contribution in [0.2, 0.25) is 0 Å². The number of nitrogens with one attached hydrogen (secondary N) is 2. The SMILES string of the molecule is C[N-]CNC(=O)c1cncc(-c2cc(N)c(C=NCCC(C)(C)O)cc2NC(=O)c2cccc(SN)c2)c1.[W]. The average Bonchev–Trinajstić information content (AvgIpc) is 2.90. The van der Waals surface area contributed by atoms with Crippen LogP contribution < -0.4 is 21.5 Å². The molecule has 206 valence electrons. The van der Waals surface area contributed by atoms with Crippen molar-refractivity contribution in [3.63, 3.8) is 0 Å². The van der Waals surface area contributed by atoms with Crippen molar-refractivity contribution in [2.75, 3.05) is 31.3 Å². The number of carbonyl (C=O) groups is 2. The Morgan fingerprint density at radius 3 is 2.62 bits per heavy atom. The topological polar surface area (TPSA) is 170 Å². The third-order valence-electron chi connectivity index (χ3n) is 5.50. The van der Waals surface area contributed by atoms with Gasteiger partial charge < -0.3 is 26.8 Å². The second kappa shape index (κ2) is 14.9. The van der Waals surface area contributed by atoms with Crippen LogP contribution in [0.1, 0.15) is 46.5 Å². The molecule has 0 unspecified atom stereocenters. The standard InChI is InChI=1S/C27H32N7O3S.W/c1-27(2,37)7-8-31-14-19-11-24(34-26(36)17-5-4-6-21(10-17)38-29)22(12-23(19)28)18-9-20(15-32-13-18)25(35)33-16-30-3;/h4-6,9-15,37H,7-8,16,28-29H2,1-3H3,(H,33,35)(H,34,36);/q-1;. The van der Waals surface area contributed by atoms with Crippen molar-refractivity contribution in [2.45, 2.75) is 30.8 Å². The van der Waals surface area contributed by atoms with E-state index in [9.17, 15) is 14.7 Å². The number of anilines is 2. The largest absolute Gasteiger partial charge is 0.648 e. The van der Waals surface area contributed by atoms with Crippen LogP contribution in [0.4, 0.5) is 11.4 Å². The number of aliphatic imine (C=N–C) groups is 1. The zero-order chi connectivity index (χ0) is 27.7. The van der Waals surface area contributed by atoms with Gasteiger partial charge in [0, 0.05) is 84.7 Å². The summed E-state index contributed by atoms with van der Waals surface area (Å²) in [6.07, 6.45) is 5.14. The normalized spacial score (nSPS) is 11.2. The molecular formula is C27H32N7O3SW-. The predicted octanol–water partition coefficient (Wildman–Crippen LogP) is 3.82.